The van der Waals surface area contributed by atoms with Gasteiger partial charge >= 0.3 is 5.97 Å². The number of hydrogen-bond donors (Lipinski definition) is 1. The Bertz CT molecular complexity index is 907. The Morgan fingerprint density at radius 2 is 1.94 bits per heavy atom. The van der Waals surface area contributed by atoms with Crippen molar-refractivity contribution >= 4 is 17.5 Å². The topological polar surface area (TPSA) is 89.9 Å². The number of Topliss-reactive ketones (excluding diaryl/α,β-unsaturated/α-hetero) is 2. The molecule has 170 valence electrons. The fraction of sp³-hybridized carbons (Fsp3) is 0.640. The van der Waals surface area contributed by atoms with E-state index < -0.39 is 28.9 Å². The van der Waals surface area contributed by atoms with Gasteiger partial charge in [-0.2, -0.15) is 0 Å². The van der Waals surface area contributed by atoms with Crippen LogP contribution in [0.3, 0.4) is 0 Å². The summed E-state index contributed by atoms with van der Waals surface area (Å²) in [5.41, 5.74) is -0.0892. The van der Waals surface area contributed by atoms with Crippen LogP contribution in [0.2, 0.25) is 0 Å². The zero-order chi connectivity index (χ0) is 23.3. The average Bonchev–Trinajstić information content (AvgIpc) is 2.63. The number of ketones is 2. The number of allylic oxidation sites excluding steroid dienone is 4. The highest BCUT2D eigenvalue weighted by Crippen LogP contribution is 2.53. The third-order valence-electron chi connectivity index (χ3n) is 6.59. The first-order valence-corrected chi connectivity index (χ1v) is 11.1. The summed E-state index contributed by atoms with van der Waals surface area (Å²) >= 11 is 0. The monoisotopic (exact) mass is 430 g/mol. The van der Waals surface area contributed by atoms with Crippen LogP contribution in [0, 0.1) is 17.8 Å². The number of carbonyl (C=O) groups excluding carboxylic acids is 3. The SMILES string of the molecule is CC(C)=CCC1=C(OC(=O)C(C)C)C(=O)C2=C(C1=O)[C@@H]1C[C@@](C)(CC[C@@H]1C(C)(C)O)O2. The predicted molar refractivity (Wildman–Crippen MR) is 116 cm³/mol. The quantitative estimate of drug-likeness (QED) is 0.400. The van der Waals surface area contributed by atoms with Gasteiger partial charge in [-0.25, -0.2) is 0 Å². The molecule has 3 rings (SSSR count). The van der Waals surface area contributed by atoms with Crippen molar-refractivity contribution in [1.82, 2.24) is 0 Å². The molecule has 1 fully saturated rings. The molecule has 0 aromatic carbocycles. The van der Waals surface area contributed by atoms with Crippen LogP contribution in [0.4, 0.5) is 0 Å². The van der Waals surface area contributed by atoms with E-state index in [1.807, 2.05) is 26.8 Å². The Morgan fingerprint density at radius 3 is 2.48 bits per heavy atom. The van der Waals surface area contributed by atoms with Crippen molar-refractivity contribution in [3.63, 3.8) is 0 Å². The molecule has 0 saturated heterocycles. The first kappa shape index (κ1) is 23.5. The minimum Gasteiger partial charge on any atom is -0.483 e. The van der Waals surface area contributed by atoms with Gasteiger partial charge in [0.05, 0.1) is 17.1 Å². The van der Waals surface area contributed by atoms with E-state index in [1.54, 1.807) is 27.7 Å². The molecule has 1 aliphatic heterocycles. The Morgan fingerprint density at radius 1 is 1.29 bits per heavy atom. The zero-order valence-corrected chi connectivity index (χ0v) is 19.6. The van der Waals surface area contributed by atoms with E-state index in [2.05, 4.69) is 0 Å². The smallest absolute Gasteiger partial charge is 0.313 e. The molecule has 1 heterocycles. The van der Waals surface area contributed by atoms with E-state index >= 15 is 0 Å². The summed E-state index contributed by atoms with van der Waals surface area (Å²) in [6, 6.07) is 0. The molecule has 0 spiro atoms. The fourth-order valence-corrected chi connectivity index (χ4v) is 4.85. The second kappa shape index (κ2) is 8.05. The summed E-state index contributed by atoms with van der Waals surface area (Å²) in [4.78, 5) is 39.5. The first-order chi connectivity index (χ1) is 14.2. The van der Waals surface area contributed by atoms with E-state index in [9.17, 15) is 19.5 Å². The van der Waals surface area contributed by atoms with Crippen molar-refractivity contribution in [3.05, 3.63) is 34.3 Å². The van der Waals surface area contributed by atoms with Crippen molar-refractivity contribution in [2.24, 2.45) is 17.8 Å². The average molecular weight is 431 g/mol. The molecule has 6 nitrogen and oxygen atoms in total. The van der Waals surface area contributed by atoms with Gasteiger partial charge in [-0.05, 0) is 66.2 Å². The Labute approximate surface area is 184 Å². The molecule has 1 saturated carbocycles. The summed E-state index contributed by atoms with van der Waals surface area (Å²) in [5, 5.41) is 10.8. The van der Waals surface area contributed by atoms with Crippen molar-refractivity contribution < 1.29 is 29.0 Å². The lowest BCUT2D eigenvalue weighted by molar-refractivity contribution is -0.149. The largest absolute Gasteiger partial charge is 0.483 e. The van der Waals surface area contributed by atoms with Gasteiger partial charge in [0.1, 0.15) is 5.60 Å². The predicted octanol–water partition coefficient (Wildman–Crippen LogP) is 4.18. The van der Waals surface area contributed by atoms with Crippen molar-refractivity contribution in [2.75, 3.05) is 0 Å². The van der Waals surface area contributed by atoms with Crippen LogP contribution in [-0.2, 0) is 23.9 Å². The van der Waals surface area contributed by atoms with Gasteiger partial charge in [-0.3, -0.25) is 14.4 Å². The molecule has 6 heteroatoms. The molecule has 3 atom stereocenters. The van der Waals surface area contributed by atoms with E-state index in [1.165, 1.54) is 0 Å². The highest BCUT2D eigenvalue weighted by Gasteiger charge is 2.55. The molecular weight excluding hydrogens is 396 g/mol. The molecule has 0 aromatic heterocycles. The molecule has 0 amide bonds. The maximum Gasteiger partial charge on any atom is 0.313 e. The minimum atomic E-state index is -1.00. The van der Waals surface area contributed by atoms with Crippen LogP contribution in [0.15, 0.2) is 34.3 Å². The molecule has 2 bridgehead atoms. The number of esters is 1. The van der Waals surface area contributed by atoms with Crippen molar-refractivity contribution in [3.8, 4) is 0 Å². The molecule has 0 unspecified atom stereocenters. The molecule has 3 aliphatic rings. The van der Waals surface area contributed by atoms with Gasteiger partial charge in [0, 0.05) is 11.5 Å². The molecule has 2 aliphatic carbocycles. The third kappa shape index (κ3) is 4.40. The second-order valence-corrected chi connectivity index (χ2v) is 10.4. The highest BCUT2D eigenvalue weighted by atomic mass is 16.5. The summed E-state index contributed by atoms with van der Waals surface area (Å²) in [6.45, 7) is 12.6. The molecule has 0 radical (unpaired) electrons. The van der Waals surface area contributed by atoms with E-state index in [4.69, 9.17) is 9.47 Å². The summed E-state index contributed by atoms with van der Waals surface area (Å²) in [5.74, 6) is -2.56. The standard InChI is InChI=1S/C25H34O6/c1-13(2)8-9-15-19(26)18-16-12-25(7,11-10-17(16)24(5,6)29)31-22(18)20(27)21(15)30-23(28)14(3)4/h8,14,16-17,29H,9-12H2,1-7H3/t16-,17+,25-/m1/s1. The van der Waals surface area contributed by atoms with Crippen LogP contribution >= 0.6 is 0 Å². The van der Waals surface area contributed by atoms with Crippen LogP contribution in [0.25, 0.3) is 0 Å². The minimum absolute atomic E-state index is 0.00907. The van der Waals surface area contributed by atoms with Crippen LogP contribution < -0.4 is 0 Å². The lowest BCUT2D eigenvalue weighted by atomic mass is 9.61. The van der Waals surface area contributed by atoms with Crippen LogP contribution in [0.1, 0.15) is 74.1 Å². The molecule has 1 N–H and O–H groups in total. The number of ether oxygens (including phenoxy) is 2. The normalized spacial score (nSPS) is 28.4. The lowest BCUT2D eigenvalue weighted by Crippen LogP contribution is -2.52. The number of fused-ring (bicyclic) bond motifs is 3. The Kier molecular flexibility index (Phi) is 6.09. The zero-order valence-electron chi connectivity index (χ0n) is 19.6. The van der Waals surface area contributed by atoms with Gasteiger partial charge in [-0.1, -0.05) is 25.5 Å². The molecule has 31 heavy (non-hydrogen) atoms. The van der Waals surface area contributed by atoms with Crippen LogP contribution in [-0.4, -0.2) is 33.8 Å². The van der Waals surface area contributed by atoms with Gasteiger partial charge in [0.25, 0.3) is 5.78 Å². The van der Waals surface area contributed by atoms with Gasteiger partial charge < -0.3 is 14.6 Å². The lowest BCUT2D eigenvalue weighted by Gasteiger charge is -2.51. The maximum absolute atomic E-state index is 13.7. The van der Waals surface area contributed by atoms with Crippen molar-refractivity contribution in [2.45, 2.75) is 85.4 Å². The van der Waals surface area contributed by atoms with E-state index in [0.717, 1.165) is 5.57 Å². The first-order valence-electron chi connectivity index (χ1n) is 11.1. The highest BCUT2D eigenvalue weighted by molar-refractivity contribution is 6.24. The van der Waals surface area contributed by atoms with Gasteiger partial charge in [0.15, 0.2) is 17.3 Å². The molecular formula is C25H34O6. The van der Waals surface area contributed by atoms with E-state index in [0.29, 0.717) is 24.8 Å². The summed E-state index contributed by atoms with van der Waals surface area (Å²) in [6.07, 6.45) is 3.98. The number of rotatable bonds is 5. The summed E-state index contributed by atoms with van der Waals surface area (Å²) in [7, 11) is 0. The number of carbonyl (C=O) groups is 3. The van der Waals surface area contributed by atoms with Gasteiger partial charge in [-0.15, -0.1) is 0 Å². The molecule has 0 aromatic rings. The summed E-state index contributed by atoms with van der Waals surface area (Å²) < 4.78 is 11.6. The second-order valence-electron chi connectivity index (χ2n) is 10.4. The Balaban J connectivity index is 2.13. The number of hydrogen-bond acceptors (Lipinski definition) is 6. The maximum atomic E-state index is 13.7. The Hall–Kier alpha value is -2.21. The van der Waals surface area contributed by atoms with Crippen LogP contribution in [0.5, 0.6) is 0 Å². The van der Waals surface area contributed by atoms with E-state index in [-0.39, 0.29) is 41.1 Å². The number of aliphatic hydroxyl groups is 1. The third-order valence-corrected chi connectivity index (χ3v) is 6.59. The fourth-order valence-electron chi connectivity index (χ4n) is 4.85. The van der Waals surface area contributed by atoms with Gasteiger partial charge in [0.2, 0.25) is 0 Å². The van der Waals surface area contributed by atoms with Crippen molar-refractivity contribution in [1.29, 1.82) is 0 Å².